The van der Waals surface area contributed by atoms with Crippen molar-refractivity contribution in [2.24, 2.45) is 7.05 Å². The lowest BCUT2D eigenvalue weighted by molar-refractivity contribution is 0.0723. The number of anilines is 2. The Balaban J connectivity index is 1.52. The number of ether oxygens (including phenoxy) is 1. The highest BCUT2D eigenvalue weighted by Crippen LogP contribution is 2.35. The number of piperidine rings is 1. The molecule has 1 fully saturated rings. The molecule has 2 aliphatic heterocycles. The van der Waals surface area contributed by atoms with Crippen LogP contribution in [0.2, 0.25) is 0 Å². The molecule has 31 heavy (non-hydrogen) atoms. The van der Waals surface area contributed by atoms with E-state index in [-0.39, 0.29) is 11.6 Å². The summed E-state index contributed by atoms with van der Waals surface area (Å²) in [6.45, 7) is 2.95. The van der Waals surface area contributed by atoms with Crippen LogP contribution >= 0.6 is 0 Å². The maximum absolute atomic E-state index is 12.9. The van der Waals surface area contributed by atoms with Crippen LogP contribution in [0.4, 0.5) is 11.5 Å². The summed E-state index contributed by atoms with van der Waals surface area (Å²) < 4.78 is 8.85. The number of fused-ring (bicyclic) bond motifs is 2. The maximum atomic E-state index is 12.9. The van der Waals surface area contributed by atoms with E-state index in [1.165, 1.54) is 15.5 Å². The van der Waals surface area contributed by atoms with Gasteiger partial charge in [0.05, 0.1) is 12.2 Å². The van der Waals surface area contributed by atoms with Gasteiger partial charge in [0.1, 0.15) is 0 Å². The summed E-state index contributed by atoms with van der Waals surface area (Å²) >= 11 is 0. The zero-order valence-corrected chi connectivity index (χ0v) is 17.7. The normalized spacial score (nSPS) is 17.1. The van der Waals surface area contributed by atoms with E-state index in [9.17, 15) is 9.59 Å². The first-order valence-corrected chi connectivity index (χ1v) is 10.9. The maximum Gasteiger partial charge on any atom is 0.350 e. The molecular weight excluding hydrogens is 396 g/mol. The van der Waals surface area contributed by atoms with E-state index in [2.05, 4.69) is 15.0 Å². The highest BCUT2D eigenvalue weighted by atomic mass is 16.5. The van der Waals surface area contributed by atoms with E-state index in [4.69, 9.17) is 4.74 Å². The summed E-state index contributed by atoms with van der Waals surface area (Å²) in [5.41, 5.74) is 1.84. The standard InChI is InChI=1S/C22H26N6O3/c1-25-22(30)28-11-7-17(14-19(28)24-25)27-10-5-6-12-31-18-13-16(15-23-20(18)27)21(29)26-8-3-2-4-9-26/h7,11,13-15H,2-6,8-10,12H2,1H3. The van der Waals surface area contributed by atoms with Crippen LogP contribution in [0.3, 0.4) is 0 Å². The van der Waals surface area contributed by atoms with Crippen molar-refractivity contribution in [2.75, 3.05) is 31.1 Å². The van der Waals surface area contributed by atoms with E-state index >= 15 is 0 Å². The lowest BCUT2D eigenvalue weighted by Gasteiger charge is -2.29. The van der Waals surface area contributed by atoms with Crippen LogP contribution in [0.15, 0.2) is 35.4 Å². The van der Waals surface area contributed by atoms with Crippen molar-refractivity contribution in [3.05, 3.63) is 46.6 Å². The van der Waals surface area contributed by atoms with Gasteiger partial charge in [0.15, 0.2) is 17.2 Å². The Morgan fingerprint density at radius 2 is 1.87 bits per heavy atom. The number of likely N-dealkylation sites (tertiary alicyclic amines) is 1. The van der Waals surface area contributed by atoms with E-state index in [0.29, 0.717) is 29.4 Å². The van der Waals surface area contributed by atoms with Crippen molar-refractivity contribution in [3.8, 4) is 5.75 Å². The van der Waals surface area contributed by atoms with Gasteiger partial charge < -0.3 is 14.5 Å². The van der Waals surface area contributed by atoms with Gasteiger partial charge in [-0.2, -0.15) is 5.10 Å². The predicted octanol–water partition coefficient (Wildman–Crippen LogP) is 2.36. The molecule has 162 valence electrons. The molecule has 1 amide bonds. The summed E-state index contributed by atoms with van der Waals surface area (Å²) in [4.78, 5) is 33.7. The van der Waals surface area contributed by atoms with Crippen LogP contribution in [0.1, 0.15) is 42.5 Å². The Labute approximate surface area is 179 Å². The molecule has 0 spiro atoms. The van der Waals surface area contributed by atoms with Crippen LogP contribution in [0, 0.1) is 0 Å². The fraction of sp³-hybridized carbons (Fsp3) is 0.455. The van der Waals surface area contributed by atoms with E-state index < -0.39 is 0 Å². The van der Waals surface area contributed by atoms with Crippen molar-refractivity contribution in [3.63, 3.8) is 0 Å². The number of amides is 1. The van der Waals surface area contributed by atoms with Gasteiger partial charge in [-0.05, 0) is 44.2 Å². The van der Waals surface area contributed by atoms with Crippen molar-refractivity contribution in [1.29, 1.82) is 0 Å². The molecule has 0 aliphatic carbocycles. The minimum absolute atomic E-state index is 0.0153. The third-order valence-corrected chi connectivity index (χ3v) is 5.98. The summed E-state index contributed by atoms with van der Waals surface area (Å²) in [5, 5.41) is 4.29. The molecule has 3 aromatic rings. The van der Waals surface area contributed by atoms with Gasteiger partial charge in [0.25, 0.3) is 5.91 Å². The van der Waals surface area contributed by atoms with Gasteiger partial charge in [-0.25, -0.2) is 14.5 Å². The third-order valence-electron chi connectivity index (χ3n) is 5.98. The number of hydrogen-bond donors (Lipinski definition) is 0. The zero-order valence-electron chi connectivity index (χ0n) is 17.7. The number of carbonyl (C=O) groups is 1. The minimum atomic E-state index is -0.183. The fourth-order valence-electron chi connectivity index (χ4n) is 4.29. The molecule has 0 radical (unpaired) electrons. The second-order valence-electron chi connectivity index (χ2n) is 8.13. The highest BCUT2D eigenvalue weighted by molar-refractivity contribution is 5.95. The Kier molecular flexibility index (Phi) is 5.09. The second-order valence-corrected chi connectivity index (χ2v) is 8.13. The van der Waals surface area contributed by atoms with E-state index in [1.807, 2.05) is 23.1 Å². The molecule has 0 saturated carbocycles. The Hall–Kier alpha value is -3.36. The monoisotopic (exact) mass is 422 g/mol. The summed E-state index contributed by atoms with van der Waals surface area (Å²) in [6.07, 6.45) is 8.50. The number of aryl methyl sites for hydroxylation is 1. The molecule has 1 saturated heterocycles. The highest BCUT2D eigenvalue weighted by Gasteiger charge is 2.24. The predicted molar refractivity (Wildman–Crippen MR) is 116 cm³/mol. The van der Waals surface area contributed by atoms with Crippen LogP contribution in [0.25, 0.3) is 5.65 Å². The number of aromatic nitrogens is 4. The lowest BCUT2D eigenvalue weighted by atomic mass is 10.1. The molecule has 0 N–H and O–H groups in total. The van der Waals surface area contributed by atoms with Crippen molar-refractivity contribution < 1.29 is 9.53 Å². The van der Waals surface area contributed by atoms with Crippen LogP contribution in [-0.4, -0.2) is 56.2 Å². The summed E-state index contributed by atoms with van der Waals surface area (Å²) in [7, 11) is 1.64. The number of hydrogen-bond acceptors (Lipinski definition) is 6. The van der Waals surface area contributed by atoms with Gasteiger partial charge in [-0.15, -0.1) is 0 Å². The fourth-order valence-corrected chi connectivity index (χ4v) is 4.29. The van der Waals surface area contributed by atoms with Gasteiger partial charge >= 0.3 is 5.69 Å². The Bertz CT molecular complexity index is 1180. The summed E-state index contributed by atoms with van der Waals surface area (Å²) in [6, 6.07) is 5.58. The minimum Gasteiger partial charge on any atom is -0.490 e. The number of carbonyl (C=O) groups excluding carboxylic acids is 1. The molecule has 0 aromatic carbocycles. The first-order valence-electron chi connectivity index (χ1n) is 10.9. The quantitative estimate of drug-likeness (QED) is 0.630. The molecule has 3 aromatic heterocycles. The van der Waals surface area contributed by atoms with Crippen LogP contribution in [-0.2, 0) is 7.05 Å². The van der Waals surface area contributed by atoms with Gasteiger partial charge in [0.2, 0.25) is 0 Å². The smallest absolute Gasteiger partial charge is 0.350 e. The third kappa shape index (κ3) is 3.64. The first-order chi connectivity index (χ1) is 15.1. The average molecular weight is 422 g/mol. The number of pyridine rings is 2. The molecule has 5 rings (SSSR count). The number of rotatable bonds is 2. The second kappa shape index (κ2) is 8.05. The van der Waals surface area contributed by atoms with Crippen molar-refractivity contribution in [2.45, 2.75) is 32.1 Å². The Morgan fingerprint density at radius 1 is 1.06 bits per heavy atom. The van der Waals surface area contributed by atoms with Crippen LogP contribution < -0.4 is 15.3 Å². The Morgan fingerprint density at radius 3 is 2.71 bits per heavy atom. The molecule has 5 heterocycles. The molecule has 2 aliphatic rings. The molecular formula is C22H26N6O3. The topological polar surface area (TPSA) is 85.0 Å². The van der Waals surface area contributed by atoms with Crippen LogP contribution in [0.5, 0.6) is 5.75 Å². The average Bonchev–Trinajstić information content (AvgIpc) is 3.07. The SMILES string of the molecule is Cn1nc2cc(N3CCCCOc4cc(C(=O)N5CCCCC5)cnc43)ccn2c1=O. The van der Waals surface area contributed by atoms with Gasteiger partial charge in [-0.3, -0.25) is 9.20 Å². The largest absolute Gasteiger partial charge is 0.490 e. The summed E-state index contributed by atoms with van der Waals surface area (Å²) in [5.74, 6) is 1.31. The number of nitrogens with zero attached hydrogens (tertiary/aromatic N) is 6. The lowest BCUT2D eigenvalue weighted by Crippen LogP contribution is -2.35. The molecule has 0 unspecified atom stereocenters. The molecule has 0 atom stereocenters. The van der Waals surface area contributed by atoms with Gasteiger partial charge in [-0.1, -0.05) is 0 Å². The molecule has 9 nitrogen and oxygen atoms in total. The van der Waals surface area contributed by atoms with E-state index in [0.717, 1.165) is 51.0 Å². The van der Waals surface area contributed by atoms with Crippen molar-refractivity contribution >= 4 is 23.1 Å². The van der Waals surface area contributed by atoms with E-state index in [1.54, 1.807) is 19.4 Å². The first kappa shape index (κ1) is 19.6. The molecule has 9 heteroatoms. The van der Waals surface area contributed by atoms with Crippen molar-refractivity contribution in [1.82, 2.24) is 24.1 Å². The molecule has 0 bridgehead atoms. The zero-order chi connectivity index (χ0) is 21.4. The van der Waals surface area contributed by atoms with Gasteiger partial charge in [0, 0.05) is 50.8 Å².